The van der Waals surface area contributed by atoms with Gasteiger partial charge in [-0.15, -0.1) is 6.42 Å². The Labute approximate surface area is 275 Å². The van der Waals surface area contributed by atoms with Crippen molar-refractivity contribution < 1.29 is 23.0 Å². The predicted molar refractivity (Wildman–Crippen MR) is 175 cm³/mol. The summed E-state index contributed by atoms with van der Waals surface area (Å²) in [6, 6.07) is 6.23. The molecule has 9 rings (SSSR count). The number of phenolic OH excluding ortho intramolecular Hbond substituents is 1. The topological polar surface area (TPSA) is 73.8 Å². The van der Waals surface area contributed by atoms with Crippen molar-refractivity contribution in [1.29, 1.82) is 0 Å². The molecule has 0 amide bonds. The van der Waals surface area contributed by atoms with Gasteiger partial charge in [0.15, 0.2) is 5.82 Å². The van der Waals surface area contributed by atoms with Gasteiger partial charge in [0.25, 0.3) is 0 Å². The summed E-state index contributed by atoms with van der Waals surface area (Å²) in [5.41, 5.74) is 0.415. The number of ether oxygens (including phenoxy) is 1. The monoisotopic (exact) mass is 659 g/mol. The van der Waals surface area contributed by atoms with Gasteiger partial charge < -0.3 is 20.1 Å². The summed E-state index contributed by atoms with van der Waals surface area (Å²) >= 11 is 7.20. The Morgan fingerprint density at radius 3 is 2.87 bits per heavy atom. The maximum Gasteiger partial charge on any atom is 0.319 e. The number of alkyl halides is 1. The van der Waals surface area contributed by atoms with E-state index in [1.54, 1.807) is 0 Å². The molecule has 4 saturated heterocycles. The Balaban J connectivity index is 1.27. The van der Waals surface area contributed by atoms with Gasteiger partial charge in [0.1, 0.15) is 35.7 Å². The quantitative estimate of drug-likeness (QED) is 0.250. The van der Waals surface area contributed by atoms with Gasteiger partial charge in [-0.1, -0.05) is 23.6 Å². The minimum absolute atomic E-state index is 0.0103. The molecule has 0 radical (unpaired) electrons. The molecular weight excluding hydrogens is 627 g/mol. The summed E-state index contributed by atoms with van der Waals surface area (Å²) in [7, 11) is 0. The van der Waals surface area contributed by atoms with Crippen LogP contribution in [0.4, 0.5) is 19.0 Å². The van der Waals surface area contributed by atoms with E-state index in [0.717, 1.165) is 38.6 Å². The summed E-state index contributed by atoms with van der Waals surface area (Å²) < 4.78 is 53.2. The van der Waals surface area contributed by atoms with E-state index in [9.17, 15) is 9.50 Å². The SMILES string of the molecule is C#Cc1c(F)ccc2cc(O)cc(-c3c(Cl)c4c5c(nc(OC[C@@]67CCCN6C[C@H](F)C7)nc5c3F)N3C[C@H]5CC[C@H](N5)[C@H]3CC4)c12. The van der Waals surface area contributed by atoms with Crippen molar-refractivity contribution in [3.05, 3.63) is 52.0 Å². The number of aryl methyl sites for hydroxylation is 1. The molecule has 3 aromatic carbocycles. The Hall–Kier alpha value is -3.78. The van der Waals surface area contributed by atoms with Crippen LogP contribution in [0.2, 0.25) is 5.02 Å². The number of aromatic hydroxyl groups is 1. The normalized spacial score (nSPS) is 28.0. The van der Waals surface area contributed by atoms with E-state index in [1.807, 2.05) is 0 Å². The highest BCUT2D eigenvalue weighted by Gasteiger charge is 2.50. The molecule has 4 aromatic rings. The molecule has 4 fully saturated rings. The fourth-order valence-electron chi connectivity index (χ4n) is 9.28. The lowest BCUT2D eigenvalue weighted by atomic mass is 9.90. The van der Waals surface area contributed by atoms with Crippen LogP contribution in [-0.4, -0.2) is 76.1 Å². The predicted octanol–water partition coefficient (Wildman–Crippen LogP) is 6.28. The summed E-state index contributed by atoms with van der Waals surface area (Å²) in [4.78, 5) is 14.1. The number of hydrogen-bond acceptors (Lipinski definition) is 7. The summed E-state index contributed by atoms with van der Waals surface area (Å²) in [5, 5.41) is 15.9. The molecule has 5 aliphatic rings. The number of terminal acetylenes is 1. The van der Waals surface area contributed by atoms with E-state index >= 15 is 8.78 Å². The number of nitrogens with one attached hydrogen (secondary N) is 1. The van der Waals surface area contributed by atoms with E-state index in [1.165, 1.54) is 24.3 Å². The smallest absolute Gasteiger partial charge is 0.319 e. The number of benzene rings is 3. The molecular formula is C36H33ClF3N5O2. The third-order valence-corrected chi connectivity index (χ3v) is 11.7. The van der Waals surface area contributed by atoms with Crippen LogP contribution in [0.3, 0.4) is 0 Å². The Morgan fingerprint density at radius 1 is 1.15 bits per heavy atom. The van der Waals surface area contributed by atoms with E-state index in [4.69, 9.17) is 32.7 Å². The minimum atomic E-state index is -0.919. The van der Waals surface area contributed by atoms with Crippen molar-refractivity contribution in [1.82, 2.24) is 20.2 Å². The molecule has 242 valence electrons. The summed E-state index contributed by atoms with van der Waals surface area (Å²) in [5.74, 6) is 1.49. The number of hydrogen-bond donors (Lipinski definition) is 2. The van der Waals surface area contributed by atoms with Gasteiger partial charge in [-0.3, -0.25) is 4.90 Å². The number of nitrogens with zero attached hydrogens (tertiary/aromatic N) is 4. The molecule has 11 heteroatoms. The Kier molecular flexibility index (Phi) is 6.63. The average Bonchev–Trinajstić information content (AvgIpc) is 3.68. The molecule has 6 heterocycles. The van der Waals surface area contributed by atoms with Gasteiger partial charge in [0, 0.05) is 48.6 Å². The zero-order valence-corrected chi connectivity index (χ0v) is 26.4. The van der Waals surface area contributed by atoms with Crippen LogP contribution in [0, 0.1) is 24.0 Å². The van der Waals surface area contributed by atoms with Crippen molar-refractivity contribution in [2.45, 2.75) is 74.8 Å². The van der Waals surface area contributed by atoms with Crippen LogP contribution >= 0.6 is 11.6 Å². The lowest BCUT2D eigenvalue weighted by Gasteiger charge is -2.41. The van der Waals surface area contributed by atoms with Gasteiger partial charge in [-0.05, 0) is 79.8 Å². The third kappa shape index (κ3) is 4.36. The minimum Gasteiger partial charge on any atom is -0.508 e. The van der Waals surface area contributed by atoms with Gasteiger partial charge in [-0.2, -0.15) is 9.97 Å². The second kappa shape index (κ2) is 10.6. The fraction of sp³-hybridized carbons (Fsp3) is 0.444. The zero-order valence-electron chi connectivity index (χ0n) is 25.6. The van der Waals surface area contributed by atoms with Gasteiger partial charge >= 0.3 is 6.01 Å². The van der Waals surface area contributed by atoms with Crippen LogP contribution in [0.15, 0.2) is 24.3 Å². The summed E-state index contributed by atoms with van der Waals surface area (Å²) in [6.07, 6.45) is 10.4. The number of phenols is 1. The number of aromatic nitrogens is 2. The average molecular weight is 660 g/mol. The van der Waals surface area contributed by atoms with Gasteiger partial charge in [-0.25, -0.2) is 13.2 Å². The second-order valence-electron chi connectivity index (χ2n) is 13.9. The molecule has 5 aliphatic heterocycles. The van der Waals surface area contributed by atoms with Crippen LogP contribution < -0.4 is 15.0 Å². The number of rotatable bonds is 4. The lowest BCUT2D eigenvalue weighted by Crippen LogP contribution is -2.58. The van der Waals surface area contributed by atoms with E-state index < -0.39 is 23.3 Å². The van der Waals surface area contributed by atoms with Crippen molar-refractivity contribution in [2.75, 3.05) is 31.1 Å². The lowest BCUT2D eigenvalue weighted by molar-refractivity contribution is 0.107. The van der Waals surface area contributed by atoms with Crippen LogP contribution in [0.5, 0.6) is 11.8 Å². The van der Waals surface area contributed by atoms with Gasteiger partial charge in [0.05, 0.1) is 21.5 Å². The third-order valence-electron chi connectivity index (χ3n) is 11.3. The number of anilines is 1. The molecule has 0 spiro atoms. The first kappa shape index (κ1) is 29.4. The Bertz CT molecular complexity index is 2040. The zero-order chi connectivity index (χ0) is 32.2. The molecule has 2 N–H and O–H groups in total. The molecule has 47 heavy (non-hydrogen) atoms. The number of halogens is 4. The summed E-state index contributed by atoms with van der Waals surface area (Å²) in [6.45, 7) is 2.11. The number of piperazine rings is 1. The highest BCUT2D eigenvalue weighted by atomic mass is 35.5. The molecule has 0 saturated carbocycles. The maximum atomic E-state index is 17.3. The fourth-order valence-corrected chi connectivity index (χ4v) is 9.65. The maximum absolute atomic E-state index is 17.3. The first-order chi connectivity index (χ1) is 22.7. The molecule has 0 aliphatic carbocycles. The first-order valence-corrected chi connectivity index (χ1v) is 16.8. The highest BCUT2D eigenvalue weighted by molar-refractivity contribution is 6.36. The molecule has 7 nitrogen and oxygen atoms in total. The van der Waals surface area contributed by atoms with Gasteiger partial charge in [0.2, 0.25) is 0 Å². The van der Waals surface area contributed by atoms with Crippen LogP contribution in [0.25, 0.3) is 32.8 Å². The van der Waals surface area contributed by atoms with Crippen molar-refractivity contribution in [3.63, 3.8) is 0 Å². The highest BCUT2D eigenvalue weighted by Crippen LogP contribution is 2.49. The van der Waals surface area contributed by atoms with E-state index in [2.05, 4.69) is 21.0 Å². The first-order valence-electron chi connectivity index (χ1n) is 16.4. The standard InChI is InChI=1S/C36H33ClF3N5O2/c1-2-22-25(39)7-4-18-12-21(46)13-24(28(18)22)29-31(37)23-6-9-27-26-8-5-20(41-26)16-45(27)34-30(23)33(32(29)40)42-35(43-34)47-17-36-10-3-11-44(36)15-19(38)14-36/h1,4,7,12-13,19-20,26-27,41,46H,3,5-6,8-11,14-17H2/t19-,20-,26+,27-,36+/m1/s1. The molecule has 5 atom stereocenters. The van der Waals surface area contributed by atoms with Crippen LogP contribution in [0.1, 0.15) is 49.7 Å². The van der Waals surface area contributed by atoms with Crippen molar-refractivity contribution in [3.8, 4) is 35.2 Å². The van der Waals surface area contributed by atoms with E-state index in [-0.39, 0.29) is 69.1 Å². The number of fused-ring (bicyclic) bond motifs is 7. The largest absolute Gasteiger partial charge is 0.508 e. The Morgan fingerprint density at radius 2 is 2.02 bits per heavy atom. The molecule has 2 bridgehead atoms. The van der Waals surface area contributed by atoms with Crippen molar-refractivity contribution in [2.24, 2.45) is 0 Å². The molecule has 0 unspecified atom stereocenters. The second-order valence-corrected chi connectivity index (χ2v) is 14.2. The van der Waals surface area contributed by atoms with Crippen molar-refractivity contribution >= 4 is 39.1 Å². The van der Waals surface area contributed by atoms with Crippen LogP contribution in [-0.2, 0) is 6.42 Å². The molecule has 1 aromatic heterocycles. The van der Waals surface area contributed by atoms with E-state index in [0.29, 0.717) is 48.1 Å².